The van der Waals surface area contributed by atoms with E-state index in [1.807, 2.05) is 0 Å². The van der Waals surface area contributed by atoms with Gasteiger partial charge in [0.25, 0.3) is 0 Å². The number of carbonyl (C=O) groups is 1. The van der Waals surface area contributed by atoms with E-state index in [0.29, 0.717) is 23.3 Å². The Hall–Kier alpha value is -2.52. The molecular formula is C13H9F5N4O. The Labute approximate surface area is 125 Å². The van der Waals surface area contributed by atoms with Crippen LogP contribution in [0.2, 0.25) is 0 Å². The minimum absolute atomic E-state index is 0.247. The first kappa shape index (κ1) is 15.4. The van der Waals surface area contributed by atoms with Gasteiger partial charge in [-0.05, 0) is 12.1 Å². The fourth-order valence-electron chi connectivity index (χ4n) is 2.24. The zero-order valence-corrected chi connectivity index (χ0v) is 11.4. The maximum atomic E-state index is 13.1. The first-order chi connectivity index (χ1) is 10.7. The molecule has 1 aliphatic heterocycles. The summed E-state index contributed by atoms with van der Waals surface area (Å²) in [6.45, 7) is 0.666. The minimum atomic E-state index is -6.00. The van der Waals surface area contributed by atoms with Crippen LogP contribution in [-0.4, -0.2) is 34.1 Å². The summed E-state index contributed by atoms with van der Waals surface area (Å²) in [6, 6.07) is 6.60. The van der Waals surface area contributed by atoms with Crippen molar-refractivity contribution in [3.05, 3.63) is 29.9 Å². The predicted molar refractivity (Wildman–Crippen MR) is 69.8 cm³/mol. The number of anilines is 1. The van der Waals surface area contributed by atoms with Gasteiger partial charge in [0.2, 0.25) is 5.62 Å². The van der Waals surface area contributed by atoms with Crippen molar-refractivity contribution in [2.45, 2.75) is 18.6 Å². The molecule has 0 bridgehead atoms. The average molecular weight is 332 g/mol. The van der Waals surface area contributed by atoms with Crippen LogP contribution in [0.15, 0.2) is 29.3 Å². The van der Waals surface area contributed by atoms with Crippen molar-refractivity contribution >= 4 is 22.6 Å². The highest BCUT2D eigenvalue weighted by atomic mass is 19.4. The second-order valence-electron chi connectivity index (χ2n) is 4.85. The number of fused-ring (bicyclic) bond motifs is 3. The summed E-state index contributed by atoms with van der Waals surface area (Å²) in [7, 11) is 0. The number of nitrogens with one attached hydrogen (secondary N) is 1. The Morgan fingerprint density at radius 2 is 1.91 bits per heavy atom. The summed E-state index contributed by atoms with van der Waals surface area (Å²) in [5.41, 5.74) is -0.160. The molecule has 0 fully saturated rings. The molecule has 0 unspecified atom stereocenters. The molecule has 0 aliphatic carbocycles. The molecule has 0 atom stereocenters. The molecule has 0 radical (unpaired) electrons. The number of aromatic nitrogens is 2. The lowest BCUT2D eigenvalue weighted by Crippen LogP contribution is -2.44. The van der Waals surface area contributed by atoms with E-state index in [1.54, 1.807) is 24.3 Å². The predicted octanol–water partition coefficient (Wildman–Crippen LogP) is 2.09. The Kier molecular flexibility index (Phi) is 3.34. The van der Waals surface area contributed by atoms with Gasteiger partial charge in [0, 0.05) is 18.5 Å². The van der Waals surface area contributed by atoms with Crippen LogP contribution in [0.3, 0.4) is 0 Å². The monoisotopic (exact) mass is 332 g/mol. The summed E-state index contributed by atoms with van der Waals surface area (Å²) >= 11 is 0. The van der Waals surface area contributed by atoms with Gasteiger partial charge in [-0.25, -0.2) is 4.98 Å². The highest BCUT2D eigenvalue weighted by Crippen LogP contribution is 2.36. The standard InChI is InChI=1S/C13H9F5N4O/c14-12(15,13(16,17)18)10(23)21-11-20-8-4-2-1-3-7(8)9-19-5-6-22(9)11/h1-4,19H,5-6H2. The molecule has 2 heterocycles. The Bertz CT molecular complexity index is 856. The van der Waals surface area contributed by atoms with Gasteiger partial charge in [-0.2, -0.15) is 26.9 Å². The summed E-state index contributed by atoms with van der Waals surface area (Å²) in [5, 5.41) is 3.62. The van der Waals surface area contributed by atoms with Gasteiger partial charge in [0.15, 0.2) is 0 Å². The second kappa shape index (κ2) is 5.00. The van der Waals surface area contributed by atoms with Crippen molar-refractivity contribution in [3.63, 3.8) is 0 Å². The van der Waals surface area contributed by atoms with Crippen LogP contribution < -0.4 is 10.9 Å². The van der Waals surface area contributed by atoms with Crippen molar-refractivity contribution in [1.29, 1.82) is 0 Å². The Morgan fingerprint density at radius 3 is 2.61 bits per heavy atom. The van der Waals surface area contributed by atoms with Gasteiger partial charge in [-0.3, -0.25) is 9.36 Å². The van der Waals surface area contributed by atoms with Crippen LogP contribution in [0.5, 0.6) is 0 Å². The largest absolute Gasteiger partial charge is 0.463 e. The third-order valence-corrected chi connectivity index (χ3v) is 3.34. The molecule has 10 heteroatoms. The average Bonchev–Trinajstić information content (AvgIpc) is 2.96. The number of rotatable bonds is 1. The lowest BCUT2D eigenvalue weighted by Gasteiger charge is -2.15. The third-order valence-electron chi connectivity index (χ3n) is 3.34. The first-order valence-corrected chi connectivity index (χ1v) is 6.49. The number of alkyl halides is 5. The summed E-state index contributed by atoms with van der Waals surface area (Å²) in [5.74, 6) is -7.67. The van der Waals surface area contributed by atoms with E-state index in [4.69, 9.17) is 0 Å². The van der Waals surface area contributed by atoms with Crippen molar-refractivity contribution in [2.24, 2.45) is 4.99 Å². The number of para-hydroxylation sites is 1. The van der Waals surface area contributed by atoms with Crippen molar-refractivity contribution < 1.29 is 26.7 Å². The molecule has 3 rings (SSSR count). The van der Waals surface area contributed by atoms with E-state index < -0.39 is 23.6 Å². The molecule has 1 aromatic heterocycles. The first-order valence-electron chi connectivity index (χ1n) is 6.49. The van der Waals surface area contributed by atoms with Gasteiger partial charge in [0.05, 0.1) is 5.52 Å². The summed E-state index contributed by atoms with van der Waals surface area (Å²) in [4.78, 5) is 18.1. The number of nitrogens with zero attached hydrogens (tertiary/aromatic N) is 3. The van der Waals surface area contributed by atoms with Crippen LogP contribution >= 0.6 is 0 Å². The molecular weight excluding hydrogens is 323 g/mol. The molecule has 0 spiro atoms. The lowest BCUT2D eigenvalue weighted by molar-refractivity contribution is -0.268. The molecule has 1 amide bonds. The highest BCUT2D eigenvalue weighted by Gasteiger charge is 2.63. The van der Waals surface area contributed by atoms with Gasteiger partial charge < -0.3 is 5.32 Å². The van der Waals surface area contributed by atoms with E-state index in [9.17, 15) is 26.7 Å². The quantitative estimate of drug-likeness (QED) is 0.814. The fraction of sp³-hybridized carbons (Fsp3) is 0.308. The maximum absolute atomic E-state index is 13.1. The minimum Gasteiger partial charge on any atom is -0.369 e. The van der Waals surface area contributed by atoms with Crippen molar-refractivity contribution in [2.75, 3.05) is 11.9 Å². The zero-order chi connectivity index (χ0) is 16.8. The van der Waals surface area contributed by atoms with Gasteiger partial charge in [-0.15, -0.1) is 0 Å². The summed E-state index contributed by atoms with van der Waals surface area (Å²) < 4.78 is 64.1. The lowest BCUT2D eigenvalue weighted by atomic mass is 10.2. The Morgan fingerprint density at radius 1 is 1.22 bits per heavy atom. The molecule has 0 saturated heterocycles. The molecule has 1 aromatic carbocycles. The number of amides is 1. The van der Waals surface area contributed by atoms with Crippen LogP contribution in [0.25, 0.3) is 10.9 Å². The maximum Gasteiger partial charge on any atom is 0.463 e. The summed E-state index contributed by atoms with van der Waals surface area (Å²) in [6.07, 6.45) is -6.00. The van der Waals surface area contributed by atoms with E-state index in [0.717, 1.165) is 0 Å². The van der Waals surface area contributed by atoms with Gasteiger partial charge in [0.1, 0.15) is 5.82 Å². The smallest absolute Gasteiger partial charge is 0.369 e. The fourth-order valence-corrected chi connectivity index (χ4v) is 2.24. The van der Waals surface area contributed by atoms with Crippen LogP contribution in [0.4, 0.5) is 27.8 Å². The molecule has 1 N–H and O–H groups in total. The number of hydrogen-bond acceptors (Lipinski definition) is 3. The molecule has 1 aliphatic rings. The normalized spacial score (nSPS) is 15.6. The zero-order valence-electron chi connectivity index (χ0n) is 11.4. The molecule has 23 heavy (non-hydrogen) atoms. The highest BCUT2D eigenvalue weighted by molar-refractivity contribution is 5.90. The van der Waals surface area contributed by atoms with Gasteiger partial charge >= 0.3 is 18.0 Å². The molecule has 5 nitrogen and oxygen atoms in total. The van der Waals surface area contributed by atoms with Gasteiger partial charge in [-0.1, -0.05) is 12.1 Å². The molecule has 0 saturated carbocycles. The number of benzene rings is 1. The number of carbonyl (C=O) groups excluding carboxylic acids is 1. The SMILES string of the molecule is O=C(N=c1nc2ccccc2c2n1CCN2)C(F)(F)C(F)(F)F. The van der Waals surface area contributed by atoms with Crippen molar-refractivity contribution in [3.8, 4) is 0 Å². The van der Waals surface area contributed by atoms with Crippen LogP contribution in [0, 0.1) is 0 Å². The second-order valence-corrected chi connectivity index (χ2v) is 4.85. The van der Waals surface area contributed by atoms with E-state index in [2.05, 4.69) is 15.3 Å². The van der Waals surface area contributed by atoms with Crippen LogP contribution in [0.1, 0.15) is 0 Å². The third kappa shape index (κ3) is 2.43. The molecule has 122 valence electrons. The Balaban J connectivity index is 2.19. The number of halogens is 5. The van der Waals surface area contributed by atoms with Crippen molar-refractivity contribution in [1.82, 2.24) is 9.55 Å². The topological polar surface area (TPSA) is 59.3 Å². The van der Waals surface area contributed by atoms with E-state index in [1.165, 1.54) is 4.57 Å². The molecule has 2 aromatic rings. The number of hydrogen-bond donors (Lipinski definition) is 1. The van der Waals surface area contributed by atoms with E-state index in [-0.39, 0.29) is 6.54 Å². The van der Waals surface area contributed by atoms with Crippen LogP contribution in [-0.2, 0) is 11.3 Å². The van der Waals surface area contributed by atoms with E-state index >= 15 is 0 Å².